The zero-order valence-electron chi connectivity index (χ0n) is 9.57. The summed E-state index contributed by atoms with van der Waals surface area (Å²) in [6.07, 6.45) is 1.26. The lowest BCUT2D eigenvalue weighted by Gasteiger charge is -2.19. The van der Waals surface area contributed by atoms with E-state index < -0.39 is 23.0 Å². The molecule has 2 unspecified atom stereocenters. The molecule has 1 N–H and O–H groups in total. The molecule has 1 fully saturated rings. The fourth-order valence-corrected chi connectivity index (χ4v) is 3.33. The van der Waals surface area contributed by atoms with Crippen molar-refractivity contribution in [2.75, 3.05) is 6.54 Å². The van der Waals surface area contributed by atoms with Crippen LogP contribution in [0.1, 0.15) is 18.4 Å². The largest absolute Gasteiger partial charge is 0.480 e. The molecule has 1 aliphatic rings. The van der Waals surface area contributed by atoms with E-state index in [1.165, 1.54) is 4.31 Å². The standard InChI is InChI=1S/C12H12N2O3S/c13-8-9-3-5-10(6-4-9)18(17)14-7-1-2-11(14)12(15)16/h3-6,11H,1-2,7H2,(H,15,16). The zero-order valence-corrected chi connectivity index (χ0v) is 10.4. The lowest BCUT2D eigenvalue weighted by Crippen LogP contribution is -2.37. The maximum atomic E-state index is 12.3. The SMILES string of the molecule is N#Cc1ccc(S(=O)N2CCCC2C(=O)O)cc1. The first kappa shape index (κ1) is 12.7. The van der Waals surface area contributed by atoms with Crippen LogP contribution < -0.4 is 0 Å². The van der Waals surface area contributed by atoms with Crippen molar-refractivity contribution in [3.63, 3.8) is 0 Å². The molecule has 1 saturated heterocycles. The fourth-order valence-electron chi connectivity index (χ4n) is 1.97. The molecule has 1 aromatic carbocycles. The molecule has 5 nitrogen and oxygen atoms in total. The Labute approximate surface area is 107 Å². The van der Waals surface area contributed by atoms with Crippen LogP contribution in [0.2, 0.25) is 0 Å². The van der Waals surface area contributed by atoms with Crippen LogP contribution in [0.4, 0.5) is 0 Å². The zero-order chi connectivity index (χ0) is 13.1. The van der Waals surface area contributed by atoms with E-state index in [1.54, 1.807) is 24.3 Å². The quantitative estimate of drug-likeness (QED) is 0.887. The molecule has 0 aliphatic carbocycles. The highest BCUT2D eigenvalue weighted by atomic mass is 32.2. The van der Waals surface area contributed by atoms with Crippen molar-refractivity contribution in [1.29, 1.82) is 5.26 Å². The van der Waals surface area contributed by atoms with E-state index in [-0.39, 0.29) is 0 Å². The summed E-state index contributed by atoms with van der Waals surface area (Å²) >= 11 is 0. The van der Waals surface area contributed by atoms with Gasteiger partial charge in [-0.15, -0.1) is 0 Å². The molecule has 94 valence electrons. The highest BCUT2D eigenvalue weighted by Gasteiger charge is 2.34. The van der Waals surface area contributed by atoms with Gasteiger partial charge < -0.3 is 5.11 Å². The van der Waals surface area contributed by atoms with E-state index in [9.17, 15) is 9.00 Å². The minimum atomic E-state index is -1.48. The van der Waals surface area contributed by atoms with Crippen molar-refractivity contribution in [2.45, 2.75) is 23.8 Å². The van der Waals surface area contributed by atoms with Crippen LogP contribution in [0.25, 0.3) is 0 Å². The van der Waals surface area contributed by atoms with E-state index in [0.717, 1.165) is 6.42 Å². The Morgan fingerprint density at radius 3 is 2.67 bits per heavy atom. The highest BCUT2D eigenvalue weighted by molar-refractivity contribution is 7.82. The van der Waals surface area contributed by atoms with Gasteiger partial charge in [0.25, 0.3) is 0 Å². The number of hydrogen-bond acceptors (Lipinski definition) is 3. The van der Waals surface area contributed by atoms with Crippen LogP contribution in [0, 0.1) is 11.3 Å². The summed E-state index contributed by atoms with van der Waals surface area (Å²) in [7, 11) is -1.48. The number of aliphatic carboxylic acids is 1. The maximum Gasteiger partial charge on any atom is 0.321 e. The van der Waals surface area contributed by atoms with E-state index in [4.69, 9.17) is 10.4 Å². The van der Waals surface area contributed by atoms with Crippen LogP contribution in [-0.2, 0) is 15.8 Å². The summed E-state index contributed by atoms with van der Waals surface area (Å²) in [4.78, 5) is 11.6. The van der Waals surface area contributed by atoms with Crippen molar-refractivity contribution in [1.82, 2.24) is 4.31 Å². The monoisotopic (exact) mass is 264 g/mol. The van der Waals surface area contributed by atoms with Gasteiger partial charge in [0.05, 0.1) is 16.5 Å². The third kappa shape index (κ3) is 2.42. The third-order valence-corrected chi connectivity index (χ3v) is 4.43. The summed E-state index contributed by atoms with van der Waals surface area (Å²) < 4.78 is 13.7. The number of nitrogens with zero attached hydrogens (tertiary/aromatic N) is 2. The summed E-state index contributed by atoms with van der Waals surface area (Å²) in [5, 5.41) is 17.7. The second kappa shape index (κ2) is 5.29. The van der Waals surface area contributed by atoms with Gasteiger partial charge in [0.15, 0.2) is 0 Å². The number of carboxylic acid groups (broad SMARTS) is 1. The average molecular weight is 264 g/mol. The minimum Gasteiger partial charge on any atom is -0.480 e. The van der Waals surface area contributed by atoms with Crippen LogP contribution in [0.5, 0.6) is 0 Å². The Hall–Kier alpha value is -1.71. The van der Waals surface area contributed by atoms with Gasteiger partial charge in [0.2, 0.25) is 0 Å². The smallest absolute Gasteiger partial charge is 0.321 e. The summed E-state index contributed by atoms with van der Waals surface area (Å²) in [6.45, 7) is 0.517. The number of rotatable bonds is 3. The van der Waals surface area contributed by atoms with Crippen LogP contribution in [0.15, 0.2) is 29.2 Å². The predicted molar refractivity (Wildman–Crippen MR) is 64.9 cm³/mol. The third-order valence-electron chi connectivity index (χ3n) is 2.89. The van der Waals surface area contributed by atoms with Crippen molar-refractivity contribution < 1.29 is 14.1 Å². The molecular formula is C12H12N2O3S. The molecule has 18 heavy (non-hydrogen) atoms. The summed E-state index contributed by atoms with van der Waals surface area (Å²) in [6, 6.07) is 7.67. The Kier molecular flexibility index (Phi) is 3.75. The Balaban J connectivity index is 2.20. The Bertz CT molecular complexity index is 521. The van der Waals surface area contributed by atoms with Gasteiger partial charge in [-0.3, -0.25) is 4.79 Å². The van der Waals surface area contributed by atoms with Crippen LogP contribution >= 0.6 is 0 Å². The van der Waals surface area contributed by atoms with E-state index >= 15 is 0 Å². The normalized spacial score (nSPS) is 21.4. The number of hydrogen-bond donors (Lipinski definition) is 1. The van der Waals surface area contributed by atoms with E-state index in [1.807, 2.05) is 6.07 Å². The molecule has 1 aliphatic heterocycles. The van der Waals surface area contributed by atoms with Crippen molar-refractivity contribution >= 4 is 17.0 Å². The van der Waals surface area contributed by atoms with E-state index in [0.29, 0.717) is 23.4 Å². The molecule has 1 heterocycles. The molecule has 0 spiro atoms. The van der Waals surface area contributed by atoms with Gasteiger partial charge in [-0.25, -0.2) is 8.51 Å². The van der Waals surface area contributed by atoms with Crippen LogP contribution in [0.3, 0.4) is 0 Å². The van der Waals surface area contributed by atoms with Gasteiger partial charge in [0, 0.05) is 6.54 Å². The molecule has 0 bridgehead atoms. The molecule has 0 aromatic heterocycles. The first-order valence-electron chi connectivity index (χ1n) is 5.55. The molecule has 1 aromatic rings. The van der Waals surface area contributed by atoms with Gasteiger partial charge >= 0.3 is 5.97 Å². The van der Waals surface area contributed by atoms with Crippen LogP contribution in [-0.4, -0.2) is 32.2 Å². The molecule has 0 radical (unpaired) electrons. The Morgan fingerprint density at radius 1 is 1.44 bits per heavy atom. The lowest BCUT2D eigenvalue weighted by atomic mass is 10.2. The van der Waals surface area contributed by atoms with Gasteiger partial charge in [-0.2, -0.15) is 5.26 Å². The topological polar surface area (TPSA) is 81.4 Å². The van der Waals surface area contributed by atoms with Gasteiger partial charge in [-0.1, -0.05) is 0 Å². The number of carbonyl (C=O) groups is 1. The first-order chi connectivity index (χ1) is 8.63. The minimum absolute atomic E-state index is 0.493. The molecular weight excluding hydrogens is 252 g/mol. The van der Waals surface area contributed by atoms with Gasteiger partial charge in [-0.05, 0) is 37.1 Å². The molecule has 2 atom stereocenters. The predicted octanol–water partition coefficient (Wildman–Crippen LogP) is 1.13. The Morgan fingerprint density at radius 2 is 2.11 bits per heavy atom. The number of carboxylic acids is 1. The highest BCUT2D eigenvalue weighted by Crippen LogP contribution is 2.23. The fraction of sp³-hybridized carbons (Fsp3) is 0.333. The average Bonchev–Trinajstić information content (AvgIpc) is 2.87. The molecule has 0 saturated carbocycles. The summed E-state index contributed by atoms with van der Waals surface area (Å²) in [5.41, 5.74) is 0.493. The first-order valence-corrected chi connectivity index (χ1v) is 6.65. The lowest BCUT2D eigenvalue weighted by molar-refractivity contribution is -0.140. The second-order valence-corrected chi connectivity index (χ2v) is 5.46. The van der Waals surface area contributed by atoms with Gasteiger partial charge in [0.1, 0.15) is 17.0 Å². The molecule has 0 amide bonds. The van der Waals surface area contributed by atoms with Crippen molar-refractivity contribution in [2.24, 2.45) is 0 Å². The second-order valence-electron chi connectivity index (χ2n) is 4.02. The summed E-state index contributed by atoms with van der Waals surface area (Å²) in [5.74, 6) is -0.936. The molecule has 2 rings (SSSR count). The van der Waals surface area contributed by atoms with Crippen molar-refractivity contribution in [3.8, 4) is 6.07 Å². The number of benzene rings is 1. The maximum absolute atomic E-state index is 12.3. The molecule has 6 heteroatoms. The number of nitriles is 1. The van der Waals surface area contributed by atoms with Crippen molar-refractivity contribution in [3.05, 3.63) is 29.8 Å². The van der Waals surface area contributed by atoms with E-state index in [2.05, 4.69) is 0 Å².